The van der Waals surface area contributed by atoms with Crippen LogP contribution in [-0.2, 0) is 0 Å². The molecule has 0 aliphatic carbocycles. The molecule has 0 saturated heterocycles. The highest BCUT2D eigenvalue weighted by Crippen LogP contribution is 2.13. The SMILES string of the molecule is CC.COc1cc(C)sn1. The Labute approximate surface area is 66.0 Å². The second kappa shape index (κ2) is 5.23. The summed E-state index contributed by atoms with van der Waals surface area (Å²) in [6, 6.07) is 1.91. The molecule has 0 radical (unpaired) electrons. The standard InChI is InChI=1S/C5H7NOS.C2H6/c1-4-3-5(7-2)6-8-4;1-2/h3H,1-2H3;1-2H3. The van der Waals surface area contributed by atoms with E-state index < -0.39 is 0 Å². The summed E-state index contributed by atoms with van der Waals surface area (Å²) in [5.41, 5.74) is 0. The molecule has 1 heterocycles. The normalized spacial score (nSPS) is 8.00. The fourth-order valence-corrected chi connectivity index (χ4v) is 0.954. The molecule has 1 aromatic heterocycles. The summed E-state index contributed by atoms with van der Waals surface area (Å²) < 4.78 is 8.79. The van der Waals surface area contributed by atoms with Crippen LogP contribution in [0.15, 0.2) is 6.07 Å². The molecule has 58 valence electrons. The minimum Gasteiger partial charge on any atom is -0.480 e. The van der Waals surface area contributed by atoms with Crippen LogP contribution in [0.1, 0.15) is 18.7 Å². The average molecular weight is 159 g/mol. The molecule has 10 heavy (non-hydrogen) atoms. The van der Waals surface area contributed by atoms with Gasteiger partial charge in [-0.2, -0.15) is 4.37 Å². The van der Waals surface area contributed by atoms with Crippen LogP contribution in [0.3, 0.4) is 0 Å². The molecule has 0 fully saturated rings. The molecule has 0 unspecified atom stereocenters. The van der Waals surface area contributed by atoms with E-state index in [4.69, 9.17) is 4.74 Å². The number of rotatable bonds is 1. The van der Waals surface area contributed by atoms with Gasteiger partial charge in [0.05, 0.1) is 7.11 Å². The molecule has 0 aromatic carbocycles. The lowest BCUT2D eigenvalue weighted by Gasteiger charge is -1.85. The molecule has 1 aromatic rings. The highest BCUT2D eigenvalue weighted by atomic mass is 32.1. The van der Waals surface area contributed by atoms with Crippen molar-refractivity contribution in [2.75, 3.05) is 7.11 Å². The van der Waals surface area contributed by atoms with Gasteiger partial charge < -0.3 is 4.74 Å². The van der Waals surface area contributed by atoms with Crippen molar-refractivity contribution >= 4 is 11.5 Å². The van der Waals surface area contributed by atoms with Crippen molar-refractivity contribution in [3.8, 4) is 5.88 Å². The number of hydrogen-bond donors (Lipinski definition) is 0. The predicted octanol–water partition coefficient (Wildman–Crippen LogP) is 2.49. The van der Waals surface area contributed by atoms with Gasteiger partial charge in [-0.3, -0.25) is 0 Å². The first-order valence-electron chi connectivity index (χ1n) is 3.30. The molecule has 3 heteroatoms. The Balaban J connectivity index is 0.000000371. The van der Waals surface area contributed by atoms with E-state index in [0.29, 0.717) is 5.88 Å². The van der Waals surface area contributed by atoms with Gasteiger partial charge in [-0.1, -0.05) is 13.8 Å². The van der Waals surface area contributed by atoms with Crippen molar-refractivity contribution in [1.82, 2.24) is 4.37 Å². The fourth-order valence-electron chi connectivity index (χ4n) is 0.440. The predicted molar refractivity (Wildman–Crippen MR) is 44.8 cm³/mol. The monoisotopic (exact) mass is 159 g/mol. The van der Waals surface area contributed by atoms with Crippen LogP contribution < -0.4 is 4.74 Å². The maximum Gasteiger partial charge on any atom is 0.225 e. The second-order valence-corrected chi connectivity index (χ2v) is 2.49. The van der Waals surface area contributed by atoms with Crippen molar-refractivity contribution in [2.24, 2.45) is 0 Å². The van der Waals surface area contributed by atoms with E-state index in [1.807, 2.05) is 26.8 Å². The first kappa shape index (κ1) is 9.43. The van der Waals surface area contributed by atoms with Gasteiger partial charge in [-0.25, -0.2) is 0 Å². The molecule has 1 rings (SSSR count). The Kier molecular flexibility index (Phi) is 4.94. The summed E-state index contributed by atoms with van der Waals surface area (Å²) in [5, 5.41) is 0. The minimum atomic E-state index is 0.715. The van der Waals surface area contributed by atoms with Crippen LogP contribution >= 0.6 is 11.5 Å². The highest BCUT2D eigenvalue weighted by molar-refractivity contribution is 7.05. The molecule has 0 saturated carbocycles. The molecule has 0 spiro atoms. The zero-order valence-corrected chi connectivity index (χ0v) is 7.66. The molecule has 0 atom stereocenters. The summed E-state index contributed by atoms with van der Waals surface area (Å²) in [7, 11) is 1.62. The van der Waals surface area contributed by atoms with E-state index >= 15 is 0 Å². The quantitative estimate of drug-likeness (QED) is 0.628. The van der Waals surface area contributed by atoms with Gasteiger partial charge in [0.2, 0.25) is 5.88 Å². The Hall–Kier alpha value is -0.570. The van der Waals surface area contributed by atoms with Gasteiger partial charge in [0.25, 0.3) is 0 Å². The third-order valence-electron chi connectivity index (χ3n) is 0.815. The van der Waals surface area contributed by atoms with Crippen LogP contribution in [0.4, 0.5) is 0 Å². The molecular weight excluding hydrogens is 146 g/mol. The summed E-state index contributed by atoms with van der Waals surface area (Å²) in [4.78, 5) is 1.18. The molecule has 2 nitrogen and oxygen atoms in total. The summed E-state index contributed by atoms with van der Waals surface area (Å²) in [6.45, 7) is 6.00. The maximum absolute atomic E-state index is 4.83. The lowest BCUT2D eigenvalue weighted by Crippen LogP contribution is -1.78. The lowest BCUT2D eigenvalue weighted by atomic mass is 10.5. The topological polar surface area (TPSA) is 22.1 Å². The number of ether oxygens (including phenoxy) is 1. The van der Waals surface area contributed by atoms with Crippen molar-refractivity contribution < 1.29 is 4.74 Å². The van der Waals surface area contributed by atoms with E-state index in [1.54, 1.807) is 7.11 Å². The zero-order valence-electron chi connectivity index (χ0n) is 6.84. The van der Waals surface area contributed by atoms with Gasteiger partial charge in [-0.15, -0.1) is 0 Å². The van der Waals surface area contributed by atoms with Crippen molar-refractivity contribution in [1.29, 1.82) is 0 Å². The van der Waals surface area contributed by atoms with Crippen molar-refractivity contribution in [3.63, 3.8) is 0 Å². The van der Waals surface area contributed by atoms with E-state index in [0.717, 1.165) is 0 Å². The summed E-state index contributed by atoms with van der Waals surface area (Å²) >= 11 is 1.45. The van der Waals surface area contributed by atoms with Gasteiger partial charge in [-0.05, 0) is 18.5 Å². The third-order valence-corrected chi connectivity index (χ3v) is 1.49. The van der Waals surface area contributed by atoms with Gasteiger partial charge in [0, 0.05) is 10.9 Å². The zero-order chi connectivity index (χ0) is 7.98. The number of hydrogen-bond acceptors (Lipinski definition) is 3. The smallest absolute Gasteiger partial charge is 0.225 e. The van der Waals surface area contributed by atoms with Crippen LogP contribution in [-0.4, -0.2) is 11.5 Å². The number of methoxy groups -OCH3 is 1. The van der Waals surface area contributed by atoms with Crippen molar-refractivity contribution in [3.05, 3.63) is 10.9 Å². The number of aromatic nitrogens is 1. The van der Waals surface area contributed by atoms with Gasteiger partial charge in [0.15, 0.2) is 0 Å². The Morgan fingerprint density at radius 2 is 2.10 bits per heavy atom. The first-order chi connectivity index (χ1) is 4.83. The molecule has 0 aliphatic rings. The molecule has 0 aliphatic heterocycles. The van der Waals surface area contributed by atoms with Crippen LogP contribution in [0, 0.1) is 6.92 Å². The van der Waals surface area contributed by atoms with E-state index in [9.17, 15) is 0 Å². The lowest BCUT2D eigenvalue weighted by molar-refractivity contribution is 0.402. The number of aryl methyl sites for hydroxylation is 1. The van der Waals surface area contributed by atoms with Gasteiger partial charge >= 0.3 is 0 Å². The molecule has 0 N–H and O–H groups in total. The summed E-state index contributed by atoms with van der Waals surface area (Å²) in [5.74, 6) is 0.715. The Morgan fingerprint density at radius 3 is 2.30 bits per heavy atom. The van der Waals surface area contributed by atoms with E-state index in [2.05, 4.69) is 4.37 Å². The van der Waals surface area contributed by atoms with Crippen molar-refractivity contribution in [2.45, 2.75) is 20.8 Å². The Morgan fingerprint density at radius 1 is 1.50 bits per heavy atom. The van der Waals surface area contributed by atoms with Crippen LogP contribution in [0.25, 0.3) is 0 Å². The minimum absolute atomic E-state index is 0.715. The summed E-state index contributed by atoms with van der Waals surface area (Å²) in [6.07, 6.45) is 0. The second-order valence-electron chi connectivity index (χ2n) is 1.48. The highest BCUT2D eigenvalue weighted by Gasteiger charge is 1.92. The molecular formula is C7H13NOS. The maximum atomic E-state index is 4.83. The average Bonchev–Trinajstić information content (AvgIpc) is 2.40. The van der Waals surface area contributed by atoms with Crippen LogP contribution in [0.2, 0.25) is 0 Å². The van der Waals surface area contributed by atoms with Gasteiger partial charge in [0.1, 0.15) is 0 Å². The largest absolute Gasteiger partial charge is 0.480 e. The first-order valence-corrected chi connectivity index (χ1v) is 4.07. The fraction of sp³-hybridized carbons (Fsp3) is 0.571. The molecule has 0 bridgehead atoms. The van der Waals surface area contributed by atoms with E-state index in [-0.39, 0.29) is 0 Å². The van der Waals surface area contributed by atoms with Crippen LogP contribution in [0.5, 0.6) is 5.88 Å². The molecule has 0 amide bonds. The Bertz CT molecular complexity index is 174. The van der Waals surface area contributed by atoms with E-state index in [1.165, 1.54) is 16.4 Å². The number of nitrogens with zero attached hydrogens (tertiary/aromatic N) is 1. The third kappa shape index (κ3) is 2.82.